The SMILES string of the molecule is c1ccc(-c2ccnc3[nH]c(-c4n[nH]c5ncc(-c6cncc(CNCC7CCCC7)c6)cc45)nc23)nc1. The predicted molar refractivity (Wildman–Crippen MR) is 147 cm³/mol. The van der Waals surface area contributed by atoms with Crippen molar-refractivity contribution in [2.24, 2.45) is 5.92 Å². The standard InChI is InChI=1S/C29H27N9/c1-2-6-18(5-1)13-30-14-19-11-20(16-31-15-19)21-12-23-26(37-38-27(23)34-17-21)29-35-25-22(8-10-33-28(25)36-29)24-7-3-4-9-32-24/h3-4,7-12,15-18,30H,1-2,5-6,13-14H2,(H,33,35,36)(H,34,37,38). The molecule has 38 heavy (non-hydrogen) atoms. The first-order valence-corrected chi connectivity index (χ1v) is 13.1. The van der Waals surface area contributed by atoms with Gasteiger partial charge in [-0.3, -0.25) is 15.1 Å². The maximum atomic E-state index is 4.88. The van der Waals surface area contributed by atoms with Gasteiger partial charge in [-0.15, -0.1) is 0 Å². The van der Waals surface area contributed by atoms with Gasteiger partial charge in [-0.2, -0.15) is 5.10 Å². The number of pyridine rings is 4. The van der Waals surface area contributed by atoms with E-state index in [0.29, 0.717) is 22.8 Å². The number of hydrogen-bond acceptors (Lipinski definition) is 7. The normalized spacial score (nSPS) is 14.1. The Bertz CT molecular complexity index is 1710. The fraction of sp³-hybridized carbons (Fsp3) is 0.241. The van der Waals surface area contributed by atoms with E-state index in [1.54, 1.807) is 12.4 Å². The molecule has 0 unspecified atom stereocenters. The molecule has 6 heterocycles. The van der Waals surface area contributed by atoms with Crippen molar-refractivity contribution in [3.8, 4) is 33.9 Å². The summed E-state index contributed by atoms with van der Waals surface area (Å²) in [6.07, 6.45) is 14.6. The van der Waals surface area contributed by atoms with E-state index in [1.165, 1.54) is 31.2 Å². The third-order valence-electron chi connectivity index (χ3n) is 7.33. The van der Waals surface area contributed by atoms with Crippen molar-refractivity contribution in [3.05, 3.63) is 72.9 Å². The van der Waals surface area contributed by atoms with Crippen LogP contribution in [0, 0.1) is 5.92 Å². The van der Waals surface area contributed by atoms with E-state index in [4.69, 9.17) is 4.98 Å². The van der Waals surface area contributed by atoms with Gasteiger partial charge >= 0.3 is 0 Å². The fourth-order valence-electron chi connectivity index (χ4n) is 5.37. The number of aromatic amines is 2. The second-order valence-corrected chi connectivity index (χ2v) is 9.91. The van der Waals surface area contributed by atoms with Gasteiger partial charge < -0.3 is 10.3 Å². The van der Waals surface area contributed by atoms with Crippen molar-refractivity contribution in [2.75, 3.05) is 6.54 Å². The molecule has 3 N–H and O–H groups in total. The zero-order chi connectivity index (χ0) is 25.3. The molecule has 1 aliphatic carbocycles. The Morgan fingerprint density at radius 1 is 0.895 bits per heavy atom. The number of H-pyrrole nitrogens is 2. The fourth-order valence-corrected chi connectivity index (χ4v) is 5.37. The van der Waals surface area contributed by atoms with Crippen LogP contribution in [0.5, 0.6) is 0 Å². The van der Waals surface area contributed by atoms with Gasteiger partial charge in [0, 0.05) is 54.2 Å². The lowest BCUT2D eigenvalue weighted by molar-refractivity contribution is 0.489. The van der Waals surface area contributed by atoms with Gasteiger partial charge in [0.05, 0.1) is 11.1 Å². The molecule has 6 aromatic rings. The molecule has 1 saturated carbocycles. The third kappa shape index (κ3) is 4.31. The minimum atomic E-state index is 0.629. The summed E-state index contributed by atoms with van der Waals surface area (Å²) in [5.41, 5.74) is 7.77. The summed E-state index contributed by atoms with van der Waals surface area (Å²) in [5, 5.41) is 12.1. The minimum Gasteiger partial charge on any atom is -0.321 e. The second-order valence-electron chi connectivity index (χ2n) is 9.91. The molecular formula is C29H27N9. The average molecular weight is 502 g/mol. The molecule has 0 amide bonds. The summed E-state index contributed by atoms with van der Waals surface area (Å²) in [5.74, 6) is 1.44. The zero-order valence-electron chi connectivity index (χ0n) is 20.9. The van der Waals surface area contributed by atoms with E-state index >= 15 is 0 Å². The second kappa shape index (κ2) is 9.75. The van der Waals surface area contributed by atoms with Gasteiger partial charge in [0.1, 0.15) is 11.2 Å². The molecule has 6 aromatic heterocycles. The maximum Gasteiger partial charge on any atom is 0.161 e. The predicted octanol–water partition coefficient (Wildman–Crippen LogP) is 5.30. The molecule has 0 aliphatic heterocycles. The first kappa shape index (κ1) is 22.7. The van der Waals surface area contributed by atoms with E-state index in [2.05, 4.69) is 52.6 Å². The van der Waals surface area contributed by atoms with Crippen LogP contribution in [0.2, 0.25) is 0 Å². The average Bonchev–Trinajstić information content (AvgIpc) is 3.73. The van der Waals surface area contributed by atoms with Crippen molar-refractivity contribution >= 4 is 22.2 Å². The van der Waals surface area contributed by atoms with Crippen molar-refractivity contribution < 1.29 is 0 Å². The molecule has 0 atom stereocenters. The molecule has 1 aliphatic rings. The highest BCUT2D eigenvalue weighted by Gasteiger charge is 2.18. The highest BCUT2D eigenvalue weighted by Crippen LogP contribution is 2.31. The van der Waals surface area contributed by atoms with Crippen LogP contribution in [0.25, 0.3) is 56.1 Å². The molecular weight excluding hydrogens is 474 g/mol. The minimum absolute atomic E-state index is 0.629. The highest BCUT2D eigenvalue weighted by molar-refractivity contribution is 5.95. The van der Waals surface area contributed by atoms with Crippen LogP contribution in [0.4, 0.5) is 0 Å². The van der Waals surface area contributed by atoms with Gasteiger partial charge in [-0.25, -0.2) is 15.0 Å². The van der Waals surface area contributed by atoms with Crippen LogP contribution in [0.3, 0.4) is 0 Å². The van der Waals surface area contributed by atoms with E-state index < -0.39 is 0 Å². The molecule has 0 radical (unpaired) electrons. The Labute approximate surface area is 219 Å². The van der Waals surface area contributed by atoms with Gasteiger partial charge in [0.25, 0.3) is 0 Å². The van der Waals surface area contributed by atoms with E-state index in [-0.39, 0.29) is 0 Å². The molecule has 0 aromatic carbocycles. The summed E-state index contributed by atoms with van der Waals surface area (Å²) in [7, 11) is 0. The number of nitrogens with zero attached hydrogens (tertiary/aromatic N) is 6. The molecule has 0 spiro atoms. The van der Waals surface area contributed by atoms with E-state index in [9.17, 15) is 0 Å². The van der Waals surface area contributed by atoms with Crippen LogP contribution < -0.4 is 5.32 Å². The van der Waals surface area contributed by atoms with Gasteiger partial charge in [0.2, 0.25) is 0 Å². The topological polar surface area (TPSA) is 121 Å². The summed E-state index contributed by atoms with van der Waals surface area (Å²) in [6.45, 7) is 1.89. The Morgan fingerprint density at radius 3 is 2.71 bits per heavy atom. The molecule has 0 saturated heterocycles. The lowest BCUT2D eigenvalue weighted by Gasteiger charge is -2.11. The van der Waals surface area contributed by atoms with E-state index in [0.717, 1.165) is 52.3 Å². The largest absolute Gasteiger partial charge is 0.321 e. The maximum absolute atomic E-state index is 4.88. The summed E-state index contributed by atoms with van der Waals surface area (Å²) in [6, 6.07) is 12.0. The van der Waals surface area contributed by atoms with Crippen LogP contribution in [0.1, 0.15) is 31.2 Å². The molecule has 9 nitrogen and oxygen atoms in total. The van der Waals surface area contributed by atoms with Gasteiger partial charge in [-0.05, 0) is 61.2 Å². The molecule has 1 fully saturated rings. The van der Waals surface area contributed by atoms with Crippen LogP contribution in [-0.4, -0.2) is 46.6 Å². The molecule has 9 heteroatoms. The molecule has 7 rings (SSSR count). The first-order valence-electron chi connectivity index (χ1n) is 13.1. The molecule has 188 valence electrons. The van der Waals surface area contributed by atoms with Gasteiger partial charge in [0.15, 0.2) is 17.1 Å². The van der Waals surface area contributed by atoms with Crippen molar-refractivity contribution in [1.82, 2.24) is 45.4 Å². The summed E-state index contributed by atoms with van der Waals surface area (Å²) >= 11 is 0. The van der Waals surface area contributed by atoms with Crippen LogP contribution in [-0.2, 0) is 6.54 Å². The van der Waals surface area contributed by atoms with Crippen molar-refractivity contribution in [2.45, 2.75) is 32.2 Å². The van der Waals surface area contributed by atoms with Crippen molar-refractivity contribution in [3.63, 3.8) is 0 Å². The Balaban J connectivity index is 1.20. The van der Waals surface area contributed by atoms with Crippen LogP contribution >= 0.6 is 0 Å². The van der Waals surface area contributed by atoms with Crippen LogP contribution in [0.15, 0.2) is 67.4 Å². The highest BCUT2D eigenvalue weighted by atomic mass is 15.2. The Hall–Kier alpha value is -4.50. The quantitative estimate of drug-likeness (QED) is 0.271. The third-order valence-corrected chi connectivity index (χ3v) is 7.33. The summed E-state index contributed by atoms with van der Waals surface area (Å²) < 4.78 is 0. The number of aromatic nitrogens is 8. The Kier molecular flexibility index (Phi) is 5.82. The number of hydrogen-bond donors (Lipinski definition) is 3. The molecule has 0 bridgehead atoms. The first-order chi connectivity index (χ1) is 18.8. The smallest absolute Gasteiger partial charge is 0.161 e. The number of nitrogens with one attached hydrogen (secondary N) is 3. The lowest BCUT2D eigenvalue weighted by Crippen LogP contribution is -2.20. The number of rotatable bonds is 7. The zero-order valence-corrected chi connectivity index (χ0v) is 20.9. The van der Waals surface area contributed by atoms with Gasteiger partial charge in [-0.1, -0.05) is 18.9 Å². The number of imidazole rings is 1. The monoisotopic (exact) mass is 501 g/mol. The van der Waals surface area contributed by atoms with Crippen molar-refractivity contribution in [1.29, 1.82) is 0 Å². The summed E-state index contributed by atoms with van der Waals surface area (Å²) in [4.78, 5) is 26.3. The Morgan fingerprint density at radius 2 is 1.82 bits per heavy atom. The lowest BCUT2D eigenvalue weighted by atomic mass is 10.1. The number of fused-ring (bicyclic) bond motifs is 2. The van der Waals surface area contributed by atoms with E-state index in [1.807, 2.05) is 42.9 Å².